The van der Waals surface area contributed by atoms with Crippen molar-refractivity contribution >= 4 is 16.7 Å². The standard InChI is InChI=1S/C21H20F4N4O2/c1-10(11-5-4-6-12(14(11)22)17(24)25)26-18-13-9-29(21(2)7-8-21)19(30)15(23)16(13)27-20(28-18)31-3/h4-6,9-10,17H,7-8H2,1-3H3,(H,26,27,28)/t10-/m1/s1. The van der Waals surface area contributed by atoms with Gasteiger partial charge in [-0.25, -0.2) is 13.2 Å². The summed E-state index contributed by atoms with van der Waals surface area (Å²) in [6, 6.07) is 2.73. The third-order valence-electron chi connectivity index (χ3n) is 5.65. The lowest BCUT2D eigenvalue weighted by atomic mass is 10.0. The fourth-order valence-corrected chi connectivity index (χ4v) is 3.51. The van der Waals surface area contributed by atoms with Crippen LogP contribution in [-0.4, -0.2) is 21.6 Å². The number of halogens is 4. The molecule has 164 valence electrons. The number of hydrogen-bond acceptors (Lipinski definition) is 5. The number of anilines is 1. The number of pyridine rings is 1. The second-order valence-corrected chi connectivity index (χ2v) is 7.85. The summed E-state index contributed by atoms with van der Waals surface area (Å²) >= 11 is 0. The van der Waals surface area contributed by atoms with Crippen LogP contribution < -0.4 is 15.6 Å². The molecule has 3 aromatic rings. The Balaban J connectivity index is 1.84. The van der Waals surface area contributed by atoms with Gasteiger partial charge in [-0.3, -0.25) is 4.79 Å². The Hall–Kier alpha value is -3.17. The number of nitrogens with zero attached hydrogens (tertiary/aromatic N) is 3. The fraction of sp³-hybridized carbons (Fsp3) is 0.381. The Morgan fingerprint density at radius 3 is 2.45 bits per heavy atom. The van der Waals surface area contributed by atoms with Crippen LogP contribution in [0.25, 0.3) is 10.9 Å². The number of benzene rings is 1. The van der Waals surface area contributed by atoms with Crippen LogP contribution in [-0.2, 0) is 5.54 Å². The molecule has 0 radical (unpaired) electrons. The molecule has 6 nitrogen and oxygen atoms in total. The number of rotatable bonds is 6. The lowest BCUT2D eigenvalue weighted by Crippen LogP contribution is -2.30. The normalized spacial score (nSPS) is 15.9. The molecule has 1 aromatic carbocycles. The average Bonchev–Trinajstić information content (AvgIpc) is 3.48. The maximum Gasteiger partial charge on any atom is 0.318 e. The van der Waals surface area contributed by atoms with Gasteiger partial charge in [-0.05, 0) is 26.7 Å². The first-order chi connectivity index (χ1) is 14.7. The topological polar surface area (TPSA) is 69.0 Å². The molecule has 1 aliphatic carbocycles. The second kappa shape index (κ2) is 7.51. The summed E-state index contributed by atoms with van der Waals surface area (Å²) in [6.07, 6.45) is -0.0528. The second-order valence-electron chi connectivity index (χ2n) is 7.85. The molecular weight excluding hydrogens is 416 g/mol. The number of alkyl halides is 2. The molecule has 1 saturated carbocycles. The summed E-state index contributed by atoms with van der Waals surface area (Å²) in [4.78, 5) is 20.7. The highest BCUT2D eigenvalue weighted by molar-refractivity contribution is 5.89. The van der Waals surface area contributed by atoms with Crippen molar-refractivity contribution in [3.63, 3.8) is 0 Å². The molecule has 4 rings (SSSR count). The monoisotopic (exact) mass is 436 g/mol. The van der Waals surface area contributed by atoms with Crippen molar-refractivity contribution in [2.45, 2.75) is 44.7 Å². The maximum absolute atomic E-state index is 14.9. The minimum atomic E-state index is -2.96. The lowest BCUT2D eigenvalue weighted by Gasteiger charge is -2.20. The van der Waals surface area contributed by atoms with Gasteiger partial charge in [0.2, 0.25) is 5.82 Å². The van der Waals surface area contributed by atoms with Gasteiger partial charge in [-0.2, -0.15) is 14.4 Å². The molecular formula is C21H20F4N4O2. The summed E-state index contributed by atoms with van der Waals surface area (Å²) in [7, 11) is 1.28. The fourth-order valence-electron chi connectivity index (χ4n) is 3.51. The van der Waals surface area contributed by atoms with Gasteiger partial charge >= 0.3 is 6.01 Å². The van der Waals surface area contributed by atoms with Crippen LogP contribution in [0.4, 0.5) is 23.4 Å². The van der Waals surface area contributed by atoms with E-state index in [9.17, 15) is 22.4 Å². The zero-order valence-electron chi connectivity index (χ0n) is 17.0. The van der Waals surface area contributed by atoms with E-state index >= 15 is 0 Å². The Labute approximate surface area is 174 Å². The molecule has 1 atom stereocenters. The van der Waals surface area contributed by atoms with Crippen LogP contribution in [0.1, 0.15) is 50.3 Å². The highest BCUT2D eigenvalue weighted by Crippen LogP contribution is 2.42. The Morgan fingerprint density at radius 1 is 1.16 bits per heavy atom. The van der Waals surface area contributed by atoms with Crippen molar-refractivity contribution in [1.29, 1.82) is 0 Å². The van der Waals surface area contributed by atoms with E-state index in [2.05, 4.69) is 15.3 Å². The Morgan fingerprint density at radius 2 is 1.84 bits per heavy atom. The van der Waals surface area contributed by atoms with Crippen LogP contribution in [0.15, 0.2) is 29.2 Å². The number of nitrogens with one attached hydrogen (secondary N) is 1. The van der Waals surface area contributed by atoms with Crippen molar-refractivity contribution in [2.24, 2.45) is 0 Å². The van der Waals surface area contributed by atoms with Crippen molar-refractivity contribution in [3.05, 3.63) is 57.5 Å². The van der Waals surface area contributed by atoms with E-state index in [1.807, 2.05) is 6.92 Å². The predicted molar refractivity (Wildman–Crippen MR) is 107 cm³/mol. The van der Waals surface area contributed by atoms with E-state index in [1.54, 1.807) is 6.92 Å². The Bertz CT molecular complexity index is 1220. The van der Waals surface area contributed by atoms with E-state index in [-0.39, 0.29) is 28.3 Å². The van der Waals surface area contributed by atoms with E-state index in [1.165, 1.54) is 30.0 Å². The molecule has 1 aliphatic rings. The first-order valence-corrected chi connectivity index (χ1v) is 9.66. The molecule has 0 saturated heterocycles. The summed E-state index contributed by atoms with van der Waals surface area (Å²) in [5.41, 5.74) is -2.26. The third kappa shape index (κ3) is 3.60. The Kier molecular flexibility index (Phi) is 5.10. The van der Waals surface area contributed by atoms with Gasteiger partial charge in [-0.1, -0.05) is 18.2 Å². The van der Waals surface area contributed by atoms with Gasteiger partial charge in [0.25, 0.3) is 12.0 Å². The molecule has 1 fully saturated rings. The molecule has 2 aromatic heterocycles. The molecule has 2 heterocycles. The summed E-state index contributed by atoms with van der Waals surface area (Å²) in [5.74, 6) is -1.99. The summed E-state index contributed by atoms with van der Waals surface area (Å²) in [6.45, 7) is 3.40. The molecule has 1 N–H and O–H groups in total. The lowest BCUT2D eigenvalue weighted by molar-refractivity contribution is 0.146. The highest BCUT2D eigenvalue weighted by atomic mass is 19.3. The van der Waals surface area contributed by atoms with Gasteiger partial charge in [0.15, 0.2) is 0 Å². The molecule has 0 aliphatic heterocycles. The number of methoxy groups -OCH3 is 1. The number of fused-ring (bicyclic) bond motifs is 1. The number of aromatic nitrogens is 3. The maximum atomic E-state index is 14.9. The smallest absolute Gasteiger partial charge is 0.318 e. The quantitative estimate of drug-likeness (QED) is 0.568. The molecule has 0 bridgehead atoms. The van der Waals surface area contributed by atoms with Crippen LogP contribution in [0.2, 0.25) is 0 Å². The van der Waals surface area contributed by atoms with Crippen LogP contribution in [0.3, 0.4) is 0 Å². The van der Waals surface area contributed by atoms with E-state index in [0.29, 0.717) is 0 Å². The molecule has 0 unspecified atom stereocenters. The van der Waals surface area contributed by atoms with Crippen LogP contribution >= 0.6 is 0 Å². The number of ether oxygens (including phenoxy) is 1. The van der Waals surface area contributed by atoms with Crippen molar-refractivity contribution in [3.8, 4) is 6.01 Å². The third-order valence-corrected chi connectivity index (χ3v) is 5.65. The van der Waals surface area contributed by atoms with Crippen LogP contribution in [0.5, 0.6) is 6.01 Å². The largest absolute Gasteiger partial charge is 0.467 e. The van der Waals surface area contributed by atoms with Gasteiger partial charge < -0.3 is 14.6 Å². The van der Waals surface area contributed by atoms with Gasteiger partial charge in [0.05, 0.1) is 24.1 Å². The van der Waals surface area contributed by atoms with Gasteiger partial charge in [-0.15, -0.1) is 0 Å². The first-order valence-electron chi connectivity index (χ1n) is 9.66. The molecule has 0 spiro atoms. The zero-order chi connectivity index (χ0) is 22.5. The predicted octanol–water partition coefficient (Wildman–Crippen LogP) is 4.70. The van der Waals surface area contributed by atoms with E-state index in [0.717, 1.165) is 18.9 Å². The van der Waals surface area contributed by atoms with Crippen molar-refractivity contribution in [2.75, 3.05) is 12.4 Å². The highest BCUT2D eigenvalue weighted by Gasteiger charge is 2.41. The zero-order valence-corrected chi connectivity index (χ0v) is 17.0. The van der Waals surface area contributed by atoms with Crippen molar-refractivity contribution in [1.82, 2.24) is 14.5 Å². The SMILES string of the molecule is COc1nc(N[C@H](C)c2cccc(C(F)F)c2F)c2cn(C3(C)CC3)c(=O)c(F)c2n1. The van der Waals surface area contributed by atoms with E-state index < -0.39 is 40.8 Å². The minimum absolute atomic E-state index is 0.00789. The first kappa shape index (κ1) is 21.1. The van der Waals surface area contributed by atoms with Crippen LogP contribution in [0, 0.1) is 11.6 Å². The number of hydrogen-bond donors (Lipinski definition) is 1. The molecule has 0 amide bonds. The average molecular weight is 436 g/mol. The van der Waals surface area contributed by atoms with E-state index in [4.69, 9.17) is 4.74 Å². The summed E-state index contributed by atoms with van der Waals surface area (Å²) in [5, 5.41) is 3.13. The molecule has 31 heavy (non-hydrogen) atoms. The van der Waals surface area contributed by atoms with Crippen molar-refractivity contribution < 1.29 is 22.3 Å². The van der Waals surface area contributed by atoms with Gasteiger partial charge in [0, 0.05) is 17.3 Å². The minimum Gasteiger partial charge on any atom is -0.467 e. The molecule has 10 heteroatoms. The summed E-state index contributed by atoms with van der Waals surface area (Å²) < 4.78 is 62.0. The van der Waals surface area contributed by atoms with Gasteiger partial charge in [0.1, 0.15) is 17.2 Å².